The van der Waals surface area contributed by atoms with Crippen molar-refractivity contribution in [1.29, 1.82) is 0 Å². The number of halogens is 2. The maximum Gasteiger partial charge on any atom is 0.586 e. The molecule has 0 bridgehead atoms. The third-order valence-electron chi connectivity index (χ3n) is 5.29. The highest BCUT2D eigenvalue weighted by Gasteiger charge is 2.51. The fraction of sp³-hybridized carbons (Fsp3) is 0.500. The van der Waals surface area contributed by atoms with Gasteiger partial charge in [-0.15, -0.1) is 8.78 Å². The highest BCUT2D eigenvalue weighted by atomic mass is 19.3. The zero-order valence-corrected chi connectivity index (χ0v) is 14.4. The molecule has 7 nitrogen and oxygen atoms in total. The smallest absolute Gasteiger partial charge is 0.395 e. The molecule has 0 unspecified atom stereocenters. The Labute approximate surface area is 153 Å². The molecular formula is C18H18F2N2O5. The molecule has 144 valence electrons. The number of nitrogens with one attached hydrogen (secondary N) is 1. The molecule has 0 aromatic heterocycles. The molecule has 2 fully saturated rings. The van der Waals surface area contributed by atoms with E-state index in [4.69, 9.17) is 0 Å². The lowest BCUT2D eigenvalue weighted by Gasteiger charge is -2.30. The van der Waals surface area contributed by atoms with Crippen LogP contribution >= 0.6 is 0 Å². The van der Waals surface area contributed by atoms with Crippen LogP contribution in [0.5, 0.6) is 11.5 Å². The summed E-state index contributed by atoms with van der Waals surface area (Å²) < 4.78 is 34.7. The lowest BCUT2D eigenvalue weighted by Crippen LogP contribution is -2.41. The summed E-state index contributed by atoms with van der Waals surface area (Å²) in [6.45, 7) is -0.399. The molecule has 1 aromatic rings. The predicted molar refractivity (Wildman–Crippen MR) is 88.1 cm³/mol. The number of amides is 3. The summed E-state index contributed by atoms with van der Waals surface area (Å²) in [5, 5.41) is 2.49. The van der Waals surface area contributed by atoms with Gasteiger partial charge in [-0.3, -0.25) is 19.3 Å². The van der Waals surface area contributed by atoms with E-state index in [1.54, 1.807) is 0 Å². The van der Waals surface area contributed by atoms with Crippen LogP contribution in [0.4, 0.5) is 14.5 Å². The fourth-order valence-corrected chi connectivity index (χ4v) is 4.01. The summed E-state index contributed by atoms with van der Waals surface area (Å²) in [5.41, 5.74) is -0.452. The second kappa shape index (κ2) is 6.17. The van der Waals surface area contributed by atoms with Crippen molar-refractivity contribution in [3.05, 3.63) is 18.2 Å². The van der Waals surface area contributed by atoms with Crippen LogP contribution in [0.15, 0.2) is 18.2 Å². The Morgan fingerprint density at radius 1 is 1.11 bits per heavy atom. The molecule has 0 radical (unpaired) electrons. The number of fused-ring (bicyclic) bond motifs is 1. The van der Waals surface area contributed by atoms with Crippen molar-refractivity contribution < 1.29 is 32.6 Å². The lowest BCUT2D eigenvalue weighted by molar-refractivity contribution is -0.286. The van der Waals surface area contributed by atoms with Crippen LogP contribution in [0.2, 0.25) is 0 Å². The van der Waals surface area contributed by atoms with Gasteiger partial charge in [0.05, 0.1) is 5.41 Å². The van der Waals surface area contributed by atoms with E-state index < -0.39 is 24.2 Å². The van der Waals surface area contributed by atoms with Gasteiger partial charge in [-0.2, -0.15) is 0 Å². The Balaban J connectivity index is 1.42. The van der Waals surface area contributed by atoms with Crippen LogP contribution in [0.25, 0.3) is 0 Å². The molecule has 27 heavy (non-hydrogen) atoms. The molecular weight excluding hydrogens is 362 g/mol. The van der Waals surface area contributed by atoms with E-state index in [-0.39, 0.29) is 35.4 Å². The third-order valence-corrected chi connectivity index (χ3v) is 5.29. The number of nitrogens with zero attached hydrogens (tertiary/aromatic N) is 1. The topological polar surface area (TPSA) is 84.9 Å². The van der Waals surface area contributed by atoms with Crippen molar-refractivity contribution >= 4 is 23.4 Å². The normalized spacial score (nSPS) is 22.4. The Kier molecular flexibility index (Phi) is 4.05. The van der Waals surface area contributed by atoms with Crippen LogP contribution in [0.3, 0.4) is 0 Å². The van der Waals surface area contributed by atoms with Gasteiger partial charge in [-0.05, 0) is 25.0 Å². The molecule has 1 N–H and O–H groups in total. The van der Waals surface area contributed by atoms with Crippen molar-refractivity contribution in [3.8, 4) is 11.5 Å². The summed E-state index contributed by atoms with van der Waals surface area (Å²) in [4.78, 5) is 38.3. The van der Waals surface area contributed by atoms with Crippen molar-refractivity contribution in [2.45, 2.75) is 44.8 Å². The molecule has 0 atom stereocenters. The monoisotopic (exact) mass is 380 g/mol. The number of anilines is 1. The summed E-state index contributed by atoms with van der Waals surface area (Å²) in [7, 11) is 0. The highest BCUT2D eigenvalue weighted by Crippen LogP contribution is 2.45. The van der Waals surface area contributed by atoms with Gasteiger partial charge in [0.15, 0.2) is 11.5 Å². The minimum Gasteiger partial charge on any atom is -0.395 e. The third kappa shape index (κ3) is 3.22. The van der Waals surface area contributed by atoms with Crippen LogP contribution in [-0.4, -0.2) is 35.5 Å². The number of benzene rings is 1. The van der Waals surface area contributed by atoms with Crippen molar-refractivity contribution in [1.82, 2.24) is 4.90 Å². The number of alkyl halides is 2. The van der Waals surface area contributed by atoms with Crippen LogP contribution < -0.4 is 14.8 Å². The second-order valence-electron chi connectivity index (χ2n) is 7.18. The number of hydrogen-bond acceptors (Lipinski definition) is 5. The second-order valence-corrected chi connectivity index (χ2v) is 7.18. The van der Waals surface area contributed by atoms with Gasteiger partial charge in [0.2, 0.25) is 17.7 Å². The zero-order chi connectivity index (χ0) is 19.2. The van der Waals surface area contributed by atoms with Crippen LogP contribution in [-0.2, 0) is 14.4 Å². The Morgan fingerprint density at radius 3 is 2.56 bits per heavy atom. The number of carbonyl (C=O) groups excluding carboxylic acids is 3. The predicted octanol–water partition coefficient (Wildman–Crippen LogP) is 2.66. The molecule has 1 saturated carbocycles. The quantitative estimate of drug-likeness (QED) is 0.815. The average Bonchev–Trinajstić information content (AvgIpc) is 3.02. The van der Waals surface area contributed by atoms with E-state index in [0.717, 1.165) is 24.2 Å². The van der Waals surface area contributed by atoms with E-state index >= 15 is 0 Å². The maximum atomic E-state index is 13.0. The first-order chi connectivity index (χ1) is 12.8. The lowest BCUT2D eigenvalue weighted by atomic mass is 9.73. The Morgan fingerprint density at radius 2 is 1.81 bits per heavy atom. The standard InChI is InChI=1S/C18H18F2N2O5/c19-18(20)26-12-5-4-11(8-13(12)27-18)21-14(23)10-22-15(24)9-17(16(22)25)6-2-1-3-7-17/h4-5,8H,1-3,6-7,9-10H2,(H,21,23). The number of imide groups is 1. The highest BCUT2D eigenvalue weighted by molar-refractivity contribution is 6.09. The first-order valence-corrected chi connectivity index (χ1v) is 8.83. The van der Waals surface area contributed by atoms with Gasteiger partial charge < -0.3 is 14.8 Å². The minimum absolute atomic E-state index is 0.137. The van der Waals surface area contributed by atoms with E-state index in [1.807, 2.05) is 0 Å². The molecule has 3 amide bonds. The molecule has 1 aliphatic carbocycles. The summed E-state index contributed by atoms with van der Waals surface area (Å²) in [6, 6.07) is 3.82. The first-order valence-electron chi connectivity index (χ1n) is 8.83. The van der Waals surface area contributed by atoms with Crippen molar-refractivity contribution in [2.75, 3.05) is 11.9 Å². The van der Waals surface area contributed by atoms with E-state index in [0.29, 0.717) is 12.8 Å². The SMILES string of the molecule is O=C(CN1C(=O)CC2(CCCCC2)C1=O)Nc1ccc2c(c1)OC(F)(F)O2. The van der Waals surface area contributed by atoms with Gasteiger partial charge in [0.25, 0.3) is 0 Å². The minimum atomic E-state index is -3.74. The summed E-state index contributed by atoms with van der Waals surface area (Å²) in [6.07, 6.45) is 0.610. The number of likely N-dealkylation sites (tertiary alicyclic amines) is 1. The molecule has 1 saturated heterocycles. The molecule has 1 spiro atoms. The summed E-state index contributed by atoms with van der Waals surface area (Å²) >= 11 is 0. The van der Waals surface area contributed by atoms with Crippen molar-refractivity contribution in [2.24, 2.45) is 5.41 Å². The van der Waals surface area contributed by atoms with E-state index in [1.165, 1.54) is 18.2 Å². The van der Waals surface area contributed by atoms with Gasteiger partial charge >= 0.3 is 6.29 Å². The van der Waals surface area contributed by atoms with E-state index in [9.17, 15) is 23.2 Å². The molecule has 1 aromatic carbocycles. The molecule has 4 rings (SSSR count). The largest absolute Gasteiger partial charge is 0.586 e. The average molecular weight is 380 g/mol. The van der Waals surface area contributed by atoms with Gasteiger partial charge in [-0.25, -0.2) is 0 Å². The van der Waals surface area contributed by atoms with Crippen LogP contribution in [0, 0.1) is 5.41 Å². The molecule has 9 heteroatoms. The van der Waals surface area contributed by atoms with E-state index in [2.05, 4.69) is 14.8 Å². The fourth-order valence-electron chi connectivity index (χ4n) is 4.01. The molecule has 2 aliphatic heterocycles. The number of ether oxygens (including phenoxy) is 2. The Hall–Kier alpha value is -2.71. The number of carbonyl (C=O) groups is 3. The summed E-state index contributed by atoms with van der Waals surface area (Å²) in [5.74, 6) is -1.56. The number of hydrogen-bond donors (Lipinski definition) is 1. The maximum absolute atomic E-state index is 13.0. The first kappa shape index (κ1) is 17.7. The van der Waals surface area contributed by atoms with Gasteiger partial charge in [0.1, 0.15) is 6.54 Å². The number of rotatable bonds is 3. The molecule has 2 heterocycles. The van der Waals surface area contributed by atoms with Gasteiger partial charge in [-0.1, -0.05) is 19.3 Å². The zero-order valence-electron chi connectivity index (χ0n) is 14.4. The van der Waals surface area contributed by atoms with Crippen LogP contribution in [0.1, 0.15) is 38.5 Å². The van der Waals surface area contributed by atoms with Crippen molar-refractivity contribution in [3.63, 3.8) is 0 Å². The molecule has 3 aliphatic rings. The Bertz CT molecular complexity index is 820. The van der Waals surface area contributed by atoms with Gasteiger partial charge in [0, 0.05) is 18.2 Å².